The Morgan fingerprint density at radius 3 is 2.65 bits per heavy atom. The maximum atomic E-state index is 13.1. The van der Waals surface area contributed by atoms with Crippen molar-refractivity contribution >= 4 is 16.9 Å². The minimum atomic E-state index is -0.564. The van der Waals surface area contributed by atoms with Gasteiger partial charge in [-0.3, -0.25) is 9.36 Å². The van der Waals surface area contributed by atoms with Gasteiger partial charge in [-0.2, -0.15) is 5.10 Å². The topological polar surface area (TPSA) is 99.0 Å². The molecule has 0 fully saturated rings. The van der Waals surface area contributed by atoms with Crippen molar-refractivity contribution in [3.8, 4) is 5.69 Å². The molecule has 1 N–H and O–H groups in total. The Bertz CT molecular complexity index is 1370. The van der Waals surface area contributed by atoms with Crippen molar-refractivity contribution in [2.24, 2.45) is 0 Å². The minimum Gasteiger partial charge on any atom is -0.462 e. The van der Waals surface area contributed by atoms with Crippen LogP contribution in [0.2, 0.25) is 0 Å². The maximum Gasteiger partial charge on any atom is 0.341 e. The number of hydrogen-bond donors (Lipinski definition) is 1. The average Bonchev–Trinajstić information content (AvgIpc) is 3.15. The minimum absolute atomic E-state index is 0.0265. The molecule has 0 spiro atoms. The fourth-order valence-corrected chi connectivity index (χ4v) is 3.32. The van der Waals surface area contributed by atoms with E-state index in [1.165, 1.54) is 23.0 Å². The lowest BCUT2D eigenvalue weighted by atomic mass is 10.2. The first-order chi connectivity index (χ1) is 15.0. The van der Waals surface area contributed by atoms with Crippen molar-refractivity contribution < 1.29 is 13.9 Å². The lowest BCUT2D eigenvalue weighted by Crippen LogP contribution is -2.35. The molecule has 8 nitrogen and oxygen atoms in total. The third kappa shape index (κ3) is 4.02. The number of halogens is 1. The summed E-state index contributed by atoms with van der Waals surface area (Å²) in [5, 5.41) is 4.59. The van der Waals surface area contributed by atoms with Gasteiger partial charge in [0.2, 0.25) is 0 Å². The molecule has 2 aromatic heterocycles. The Kier molecular flexibility index (Phi) is 5.48. The van der Waals surface area contributed by atoms with Gasteiger partial charge in [-0.1, -0.05) is 12.1 Å². The molecule has 0 aliphatic heterocycles. The summed E-state index contributed by atoms with van der Waals surface area (Å²) in [7, 11) is 0. The lowest BCUT2D eigenvalue weighted by molar-refractivity contribution is 0.0494. The molecule has 2 aromatic carbocycles. The van der Waals surface area contributed by atoms with Gasteiger partial charge < -0.3 is 9.72 Å². The van der Waals surface area contributed by atoms with E-state index in [1.54, 1.807) is 43.3 Å². The highest BCUT2D eigenvalue weighted by atomic mass is 19.1. The summed E-state index contributed by atoms with van der Waals surface area (Å²) in [5.74, 6) is -0.928. The van der Waals surface area contributed by atoms with E-state index in [0.29, 0.717) is 22.3 Å². The van der Waals surface area contributed by atoms with Gasteiger partial charge in [0.05, 0.1) is 35.1 Å². The Morgan fingerprint density at radius 1 is 1.13 bits per heavy atom. The van der Waals surface area contributed by atoms with Crippen molar-refractivity contribution in [1.29, 1.82) is 0 Å². The van der Waals surface area contributed by atoms with Crippen LogP contribution in [0.1, 0.15) is 22.5 Å². The van der Waals surface area contributed by atoms with Crippen LogP contribution in [-0.2, 0) is 11.3 Å². The molecule has 158 valence electrons. The summed E-state index contributed by atoms with van der Waals surface area (Å²) >= 11 is 0. The predicted octanol–water partition coefficient (Wildman–Crippen LogP) is 2.57. The van der Waals surface area contributed by atoms with E-state index < -0.39 is 11.7 Å². The fraction of sp³-hybridized carbons (Fsp3) is 0.182. The molecule has 0 amide bonds. The smallest absolute Gasteiger partial charge is 0.341 e. The van der Waals surface area contributed by atoms with Crippen molar-refractivity contribution in [1.82, 2.24) is 19.3 Å². The summed E-state index contributed by atoms with van der Waals surface area (Å²) < 4.78 is 21.0. The number of rotatable bonds is 6. The quantitative estimate of drug-likeness (QED) is 0.380. The van der Waals surface area contributed by atoms with E-state index in [9.17, 15) is 18.8 Å². The molecular weight excluding hydrogens is 403 g/mol. The molecule has 31 heavy (non-hydrogen) atoms. The summed E-state index contributed by atoms with van der Waals surface area (Å²) in [6.07, 6.45) is 1.68. The second-order valence-electron chi connectivity index (χ2n) is 6.95. The van der Waals surface area contributed by atoms with Crippen LogP contribution in [0.3, 0.4) is 0 Å². The number of H-pyrrole nitrogens is 1. The number of para-hydroxylation sites is 1. The van der Waals surface area contributed by atoms with E-state index in [-0.39, 0.29) is 36.5 Å². The van der Waals surface area contributed by atoms with Crippen LogP contribution < -0.4 is 11.2 Å². The van der Waals surface area contributed by atoms with E-state index in [0.717, 1.165) is 4.57 Å². The molecule has 0 saturated heterocycles. The SMILES string of the molecule is Cc1c(C(=O)OCCCn2c(=O)[nH]c3ccccc3c2=O)cnn1-c1ccc(F)cc1. The Labute approximate surface area is 175 Å². The Hall–Kier alpha value is -4.01. The molecule has 0 saturated carbocycles. The Morgan fingerprint density at radius 2 is 1.87 bits per heavy atom. The average molecular weight is 422 g/mol. The van der Waals surface area contributed by atoms with Gasteiger partial charge in [0.1, 0.15) is 11.4 Å². The standard InChI is InChI=1S/C22H19FN4O4/c1-14-18(13-24-27(14)16-9-7-15(23)8-10-16)21(29)31-12-4-11-26-20(28)17-5-2-3-6-19(17)25-22(26)30/h2-3,5-10,13H,4,11-12H2,1H3,(H,25,30). The monoisotopic (exact) mass is 422 g/mol. The number of ether oxygens (including phenoxy) is 1. The van der Waals surface area contributed by atoms with E-state index in [2.05, 4.69) is 10.1 Å². The second-order valence-corrected chi connectivity index (χ2v) is 6.95. The van der Waals surface area contributed by atoms with Gasteiger partial charge in [-0.05, 0) is 49.7 Å². The van der Waals surface area contributed by atoms with Crippen molar-refractivity contribution in [2.75, 3.05) is 6.61 Å². The van der Waals surface area contributed by atoms with Crippen molar-refractivity contribution in [3.63, 3.8) is 0 Å². The fourth-order valence-electron chi connectivity index (χ4n) is 3.32. The molecule has 0 aliphatic carbocycles. The third-order valence-electron chi connectivity index (χ3n) is 4.95. The summed E-state index contributed by atoms with van der Waals surface area (Å²) in [6, 6.07) is 12.5. The highest BCUT2D eigenvalue weighted by Gasteiger charge is 2.16. The maximum absolute atomic E-state index is 13.1. The number of carbonyl (C=O) groups excluding carboxylic acids is 1. The van der Waals surface area contributed by atoms with Gasteiger partial charge in [-0.15, -0.1) is 0 Å². The van der Waals surface area contributed by atoms with E-state index >= 15 is 0 Å². The first-order valence-electron chi connectivity index (χ1n) is 9.65. The highest BCUT2D eigenvalue weighted by molar-refractivity contribution is 5.90. The largest absolute Gasteiger partial charge is 0.462 e. The number of nitrogens with zero attached hydrogens (tertiary/aromatic N) is 3. The van der Waals surface area contributed by atoms with Crippen LogP contribution in [0.4, 0.5) is 4.39 Å². The number of esters is 1. The lowest BCUT2D eigenvalue weighted by Gasteiger charge is -2.08. The number of aromatic amines is 1. The highest BCUT2D eigenvalue weighted by Crippen LogP contribution is 2.15. The number of nitrogens with one attached hydrogen (secondary N) is 1. The van der Waals surface area contributed by atoms with Gasteiger partial charge in [0.15, 0.2) is 0 Å². The molecule has 4 rings (SSSR count). The van der Waals surface area contributed by atoms with Gasteiger partial charge in [0.25, 0.3) is 5.56 Å². The first-order valence-corrected chi connectivity index (χ1v) is 9.65. The van der Waals surface area contributed by atoms with Crippen LogP contribution in [0, 0.1) is 12.7 Å². The van der Waals surface area contributed by atoms with Crippen molar-refractivity contribution in [2.45, 2.75) is 19.9 Å². The van der Waals surface area contributed by atoms with E-state index in [4.69, 9.17) is 4.74 Å². The molecule has 9 heteroatoms. The molecular formula is C22H19FN4O4. The normalized spacial score (nSPS) is 11.0. The first kappa shape index (κ1) is 20.3. The van der Waals surface area contributed by atoms with Crippen LogP contribution in [0.15, 0.2) is 64.3 Å². The number of carbonyl (C=O) groups is 1. The number of hydrogen-bond acceptors (Lipinski definition) is 5. The number of fused-ring (bicyclic) bond motifs is 1. The predicted molar refractivity (Wildman–Crippen MR) is 112 cm³/mol. The van der Waals surface area contributed by atoms with Crippen LogP contribution in [0.5, 0.6) is 0 Å². The molecule has 2 heterocycles. The summed E-state index contributed by atoms with van der Waals surface area (Å²) in [6.45, 7) is 1.85. The van der Waals surface area contributed by atoms with Gasteiger partial charge >= 0.3 is 11.7 Å². The third-order valence-corrected chi connectivity index (χ3v) is 4.95. The molecule has 0 aliphatic rings. The summed E-state index contributed by atoms with van der Waals surface area (Å²) in [5.41, 5.74) is 1.04. The van der Waals surface area contributed by atoms with Crippen LogP contribution in [-0.4, -0.2) is 31.9 Å². The number of aromatic nitrogens is 4. The molecule has 0 bridgehead atoms. The van der Waals surface area contributed by atoms with Crippen LogP contribution >= 0.6 is 0 Å². The zero-order valence-electron chi connectivity index (χ0n) is 16.7. The zero-order chi connectivity index (χ0) is 22.0. The summed E-state index contributed by atoms with van der Waals surface area (Å²) in [4.78, 5) is 39.8. The van der Waals surface area contributed by atoms with E-state index in [1.807, 2.05) is 0 Å². The van der Waals surface area contributed by atoms with Gasteiger partial charge in [-0.25, -0.2) is 18.7 Å². The second kappa shape index (κ2) is 8.39. The molecule has 0 unspecified atom stereocenters. The van der Waals surface area contributed by atoms with Crippen molar-refractivity contribution in [3.05, 3.63) is 92.6 Å². The number of benzene rings is 2. The molecule has 0 atom stereocenters. The van der Waals surface area contributed by atoms with Crippen LogP contribution in [0.25, 0.3) is 16.6 Å². The molecule has 4 aromatic rings. The molecule has 0 radical (unpaired) electrons. The zero-order valence-corrected chi connectivity index (χ0v) is 16.7. The Balaban J connectivity index is 1.40. The van der Waals surface area contributed by atoms with Gasteiger partial charge in [0, 0.05) is 6.54 Å².